The maximum Gasteiger partial charge on any atom is 0.304 e. The lowest BCUT2D eigenvalue weighted by atomic mass is 10.0. The molecule has 3 heteroatoms. The largest absolute Gasteiger partial charge is 0.481 e. The number of nitrogens with one attached hydrogen (secondary N) is 1. The van der Waals surface area contributed by atoms with Crippen LogP contribution < -0.4 is 5.32 Å². The van der Waals surface area contributed by atoms with Gasteiger partial charge in [0.2, 0.25) is 0 Å². The van der Waals surface area contributed by atoms with E-state index in [9.17, 15) is 4.79 Å². The molecule has 0 fully saturated rings. The summed E-state index contributed by atoms with van der Waals surface area (Å²) in [5, 5.41) is 11.7. The first kappa shape index (κ1) is 11.7. The molecule has 0 aliphatic heterocycles. The van der Waals surface area contributed by atoms with Crippen molar-refractivity contribution >= 4 is 5.97 Å². The van der Waals surface area contributed by atoms with Crippen LogP contribution >= 0.6 is 0 Å². The standard InChI is InChI=1S/C12H17NO2/c1-9-5-3-4-6-11(9)10(2)13-8-7-12(14)15/h3-6,10,13H,7-8H2,1-2H3,(H,14,15)/t10-/m0/s1. The summed E-state index contributed by atoms with van der Waals surface area (Å²) in [5.41, 5.74) is 2.45. The molecule has 1 atom stereocenters. The Balaban J connectivity index is 2.50. The van der Waals surface area contributed by atoms with Gasteiger partial charge in [-0.2, -0.15) is 0 Å². The molecular formula is C12H17NO2. The number of carboxylic acid groups (broad SMARTS) is 1. The van der Waals surface area contributed by atoms with Crippen molar-refractivity contribution < 1.29 is 9.90 Å². The van der Waals surface area contributed by atoms with E-state index < -0.39 is 5.97 Å². The third-order valence-corrected chi connectivity index (χ3v) is 2.44. The Morgan fingerprint density at radius 2 is 2.13 bits per heavy atom. The quantitative estimate of drug-likeness (QED) is 0.777. The molecule has 1 aromatic carbocycles. The van der Waals surface area contributed by atoms with Crippen LogP contribution in [0.5, 0.6) is 0 Å². The maximum atomic E-state index is 10.3. The lowest BCUT2D eigenvalue weighted by Gasteiger charge is -2.15. The monoisotopic (exact) mass is 207 g/mol. The Morgan fingerprint density at radius 1 is 1.47 bits per heavy atom. The van der Waals surface area contributed by atoms with Gasteiger partial charge in [0.1, 0.15) is 0 Å². The van der Waals surface area contributed by atoms with Crippen molar-refractivity contribution in [1.82, 2.24) is 5.32 Å². The molecule has 0 aliphatic carbocycles. The number of hydrogen-bond donors (Lipinski definition) is 2. The van der Waals surface area contributed by atoms with E-state index in [0.29, 0.717) is 6.54 Å². The van der Waals surface area contributed by atoms with Crippen molar-refractivity contribution in [2.45, 2.75) is 26.3 Å². The number of rotatable bonds is 5. The van der Waals surface area contributed by atoms with E-state index in [2.05, 4.69) is 24.4 Å². The molecule has 15 heavy (non-hydrogen) atoms. The highest BCUT2D eigenvalue weighted by Gasteiger charge is 2.07. The number of aryl methyl sites for hydroxylation is 1. The fourth-order valence-corrected chi connectivity index (χ4v) is 1.58. The minimum absolute atomic E-state index is 0.163. The van der Waals surface area contributed by atoms with Gasteiger partial charge < -0.3 is 10.4 Å². The minimum atomic E-state index is -0.764. The Hall–Kier alpha value is -1.35. The normalized spacial score (nSPS) is 12.4. The van der Waals surface area contributed by atoms with Gasteiger partial charge in [0.25, 0.3) is 0 Å². The molecule has 82 valence electrons. The zero-order chi connectivity index (χ0) is 11.3. The first-order chi connectivity index (χ1) is 7.11. The molecule has 0 heterocycles. The van der Waals surface area contributed by atoms with Gasteiger partial charge in [0, 0.05) is 12.6 Å². The van der Waals surface area contributed by atoms with Crippen LogP contribution in [-0.4, -0.2) is 17.6 Å². The van der Waals surface area contributed by atoms with E-state index in [0.717, 1.165) is 0 Å². The third-order valence-electron chi connectivity index (χ3n) is 2.44. The van der Waals surface area contributed by atoms with Crippen LogP contribution in [0.1, 0.15) is 30.5 Å². The Bertz CT molecular complexity index is 336. The molecule has 0 radical (unpaired) electrons. The number of carbonyl (C=O) groups is 1. The highest BCUT2D eigenvalue weighted by molar-refractivity contribution is 5.66. The second-order valence-corrected chi connectivity index (χ2v) is 3.68. The summed E-state index contributed by atoms with van der Waals surface area (Å²) in [6, 6.07) is 8.32. The van der Waals surface area contributed by atoms with Gasteiger partial charge in [-0.15, -0.1) is 0 Å². The van der Waals surface area contributed by atoms with Crippen molar-refractivity contribution in [2.24, 2.45) is 0 Å². The first-order valence-corrected chi connectivity index (χ1v) is 5.12. The Kier molecular flexibility index (Phi) is 4.31. The number of carboxylic acids is 1. The second-order valence-electron chi connectivity index (χ2n) is 3.68. The summed E-state index contributed by atoms with van der Waals surface area (Å²) in [6.07, 6.45) is 0.163. The summed E-state index contributed by atoms with van der Waals surface area (Å²) in [7, 11) is 0. The topological polar surface area (TPSA) is 49.3 Å². The molecule has 0 aliphatic rings. The first-order valence-electron chi connectivity index (χ1n) is 5.12. The molecule has 0 spiro atoms. The van der Waals surface area contributed by atoms with E-state index in [1.807, 2.05) is 19.1 Å². The molecule has 2 N–H and O–H groups in total. The van der Waals surface area contributed by atoms with Crippen LogP contribution in [0.25, 0.3) is 0 Å². The second kappa shape index (κ2) is 5.51. The molecule has 1 rings (SSSR count). The smallest absolute Gasteiger partial charge is 0.304 e. The van der Waals surface area contributed by atoms with Crippen LogP contribution in [0, 0.1) is 6.92 Å². The predicted molar refractivity (Wildman–Crippen MR) is 59.8 cm³/mol. The van der Waals surface area contributed by atoms with Crippen LogP contribution in [0.2, 0.25) is 0 Å². The van der Waals surface area contributed by atoms with E-state index in [-0.39, 0.29) is 12.5 Å². The van der Waals surface area contributed by atoms with Crippen molar-refractivity contribution in [3.8, 4) is 0 Å². The lowest BCUT2D eigenvalue weighted by Crippen LogP contribution is -2.22. The van der Waals surface area contributed by atoms with E-state index in [1.54, 1.807) is 0 Å². The number of benzene rings is 1. The minimum Gasteiger partial charge on any atom is -0.481 e. The molecule has 0 saturated carbocycles. The van der Waals surface area contributed by atoms with Gasteiger partial charge >= 0.3 is 5.97 Å². The average molecular weight is 207 g/mol. The van der Waals surface area contributed by atoms with E-state index >= 15 is 0 Å². The van der Waals surface area contributed by atoms with Gasteiger partial charge in [-0.25, -0.2) is 0 Å². The fourth-order valence-electron chi connectivity index (χ4n) is 1.58. The van der Waals surface area contributed by atoms with Crippen LogP contribution in [0.3, 0.4) is 0 Å². The highest BCUT2D eigenvalue weighted by Crippen LogP contribution is 2.16. The zero-order valence-corrected chi connectivity index (χ0v) is 9.16. The van der Waals surface area contributed by atoms with Gasteiger partial charge in [0.15, 0.2) is 0 Å². The van der Waals surface area contributed by atoms with Crippen LogP contribution in [0.15, 0.2) is 24.3 Å². The molecule has 0 bridgehead atoms. The average Bonchev–Trinajstić information content (AvgIpc) is 2.17. The van der Waals surface area contributed by atoms with Crippen molar-refractivity contribution in [3.63, 3.8) is 0 Å². The van der Waals surface area contributed by atoms with Crippen molar-refractivity contribution in [2.75, 3.05) is 6.54 Å². The van der Waals surface area contributed by atoms with Gasteiger partial charge in [-0.05, 0) is 25.0 Å². The molecule has 0 unspecified atom stereocenters. The van der Waals surface area contributed by atoms with Crippen LogP contribution in [-0.2, 0) is 4.79 Å². The highest BCUT2D eigenvalue weighted by atomic mass is 16.4. The molecule has 0 amide bonds. The van der Waals surface area contributed by atoms with E-state index in [4.69, 9.17) is 5.11 Å². The van der Waals surface area contributed by atoms with Crippen molar-refractivity contribution in [1.29, 1.82) is 0 Å². The third kappa shape index (κ3) is 3.72. The zero-order valence-electron chi connectivity index (χ0n) is 9.16. The fraction of sp³-hybridized carbons (Fsp3) is 0.417. The maximum absolute atomic E-state index is 10.3. The molecule has 0 saturated heterocycles. The molecule has 3 nitrogen and oxygen atoms in total. The lowest BCUT2D eigenvalue weighted by molar-refractivity contribution is -0.136. The Labute approximate surface area is 90.1 Å². The molecule has 0 aromatic heterocycles. The summed E-state index contributed by atoms with van der Waals surface area (Å²) in [6.45, 7) is 4.61. The molecule has 1 aromatic rings. The molecular weight excluding hydrogens is 190 g/mol. The summed E-state index contributed by atoms with van der Waals surface area (Å²) < 4.78 is 0. The SMILES string of the molecule is Cc1ccccc1[C@H](C)NCCC(=O)O. The predicted octanol–water partition coefficient (Wildman–Crippen LogP) is 2.12. The number of aliphatic carboxylic acids is 1. The van der Waals surface area contributed by atoms with E-state index in [1.165, 1.54) is 11.1 Å². The Morgan fingerprint density at radius 3 is 2.73 bits per heavy atom. The summed E-state index contributed by atoms with van der Waals surface area (Å²) in [4.78, 5) is 10.3. The van der Waals surface area contributed by atoms with Gasteiger partial charge in [0.05, 0.1) is 6.42 Å². The van der Waals surface area contributed by atoms with Crippen molar-refractivity contribution in [3.05, 3.63) is 35.4 Å². The summed E-state index contributed by atoms with van der Waals surface area (Å²) >= 11 is 0. The van der Waals surface area contributed by atoms with Gasteiger partial charge in [-0.1, -0.05) is 24.3 Å². The van der Waals surface area contributed by atoms with Gasteiger partial charge in [-0.3, -0.25) is 4.79 Å². The summed E-state index contributed by atoms with van der Waals surface area (Å²) in [5.74, 6) is -0.764. The van der Waals surface area contributed by atoms with Crippen LogP contribution in [0.4, 0.5) is 0 Å². The number of hydrogen-bond acceptors (Lipinski definition) is 2.